The summed E-state index contributed by atoms with van der Waals surface area (Å²) < 4.78 is 22.5. The number of benzene rings is 1. The lowest BCUT2D eigenvalue weighted by Gasteiger charge is -2.13. The molecule has 1 heterocycles. The van der Waals surface area contributed by atoms with Gasteiger partial charge in [0.1, 0.15) is 0 Å². The first-order valence-electron chi connectivity index (χ1n) is 7.50. The molecular weight excluding hydrogens is 360 g/mol. The number of thioether (sulfide) groups is 1. The number of carbonyl (C=O) groups is 1. The second-order valence-corrected chi connectivity index (χ2v) is 8.49. The third-order valence-corrected chi connectivity index (χ3v) is 5.60. The molecule has 2 rings (SSSR count). The highest BCUT2D eigenvalue weighted by Crippen LogP contribution is 2.23. The van der Waals surface area contributed by atoms with Gasteiger partial charge < -0.3 is 5.32 Å². The van der Waals surface area contributed by atoms with Gasteiger partial charge in [0, 0.05) is 17.1 Å². The van der Waals surface area contributed by atoms with Gasteiger partial charge in [-0.05, 0) is 57.5 Å². The van der Waals surface area contributed by atoms with Crippen molar-refractivity contribution in [3.8, 4) is 0 Å². The van der Waals surface area contributed by atoms with E-state index in [9.17, 15) is 13.2 Å². The maximum atomic E-state index is 12.3. The number of primary sulfonamides is 1. The van der Waals surface area contributed by atoms with Crippen molar-refractivity contribution >= 4 is 33.4 Å². The number of nitrogens with two attached hydrogens (primary N) is 1. The van der Waals surface area contributed by atoms with Crippen LogP contribution in [0.4, 0.5) is 5.69 Å². The second-order valence-electron chi connectivity index (χ2n) is 5.62. The highest BCUT2D eigenvalue weighted by Gasteiger charge is 2.17. The molecule has 0 radical (unpaired) electrons. The Bertz CT molecular complexity index is 873. The van der Waals surface area contributed by atoms with Crippen molar-refractivity contribution in [2.24, 2.45) is 5.14 Å². The van der Waals surface area contributed by atoms with E-state index in [1.807, 2.05) is 20.8 Å². The number of amides is 1. The van der Waals surface area contributed by atoms with Crippen molar-refractivity contribution in [3.63, 3.8) is 0 Å². The SMILES string of the molecule is Cc1nc(S[C@H](C)C(=O)Nc2ccc(S(N)(=O)=O)cc2)nc(C)c1C. The Hall–Kier alpha value is -1.97. The van der Waals surface area contributed by atoms with Crippen LogP contribution in [0.5, 0.6) is 0 Å². The van der Waals surface area contributed by atoms with Gasteiger partial charge in [0.15, 0.2) is 5.16 Å². The lowest BCUT2D eigenvalue weighted by molar-refractivity contribution is -0.115. The number of hydrogen-bond acceptors (Lipinski definition) is 6. The summed E-state index contributed by atoms with van der Waals surface area (Å²) in [7, 11) is -3.75. The van der Waals surface area contributed by atoms with Crippen LogP contribution in [0.3, 0.4) is 0 Å². The molecule has 1 atom stereocenters. The first-order chi connectivity index (χ1) is 11.6. The summed E-state index contributed by atoms with van der Waals surface area (Å²) in [5.41, 5.74) is 3.31. The fourth-order valence-corrected chi connectivity index (χ4v) is 3.35. The van der Waals surface area contributed by atoms with Gasteiger partial charge in [-0.1, -0.05) is 11.8 Å². The molecule has 0 aliphatic heterocycles. The standard InChI is InChI=1S/C16H20N4O3S2/c1-9-10(2)18-16(19-11(9)3)24-12(4)15(21)20-13-5-7-14(8-6-13)25(17,22)23/h5-8,12H,1-4H3,(H,20,21)(H2,17,22,23)/t12-/m1/s1. The minimum Gasteiger partial charge on any atom is -0.325 e. The minimum atomic E-state index is -3.75. The van der Waals surface area contributed by atoms with Crippen molar-refractivity contribution in [1.82, 2.24) is 9.97 Å². The number of nitrogens with zero attached hydrogens (tertiary/aromatic N) is 2. The summed E-state index contributed by atoms with van der Waals surface area (Å²) in [6.45, 7) is 7.53. The van der Waals surface area contributed by atoms with Crippen LogP contribution in [0.1, 0.15) is 23.9 Å². The lowest BCUT2D eigenvalue weighted by Crippen LogP contribution is -2.23. The molecule has 0 aliphatic rings. The highest BCUT2D eigenvalue weighted by molar-refractivity contribution is 8.00. The molecule has 9 heteroatoms. The summed E-state index contributed by atoms with van der Waals surface area (Å²) in [5, 5.41) is 7.91. The van der Waals surface area contributed by atoms with Crippen LogP contribution in [0.25, 0.3) is 0 Å². The van der Waals surface area contributed by atoms with Crippen LogP contribution in [0.15, 0.2) is 34.3 Å². The number of nitrogens with one attached hydrogen (secondary N) is 1. The zero-order valence-electron chi connectivity index (χ0n) is 14.4. The number of hydrogen-bond donors (Lipinski definition) is 2. The average molecular weight is 380 g/mol. The first kappa shape index (κ1) is 19.4. The van der Waals surface area contributed by atoms with Crippen LogP contribution >= 0.6 is 11.8 Å². The van der Waals surface area contributed by atoms with E-state index in [0.717, 1.165) is 17.0 Å². The number of aryl methyl sites for hydroxylation is 2. The van der Waals surface area contributed by atoms with Gasteiger partial charge in [-0.15, -0.1) is 0 Å². The van der Waals surface area contributed by atoms with Crippen LogP contribution < -0.4 is 10.5 Å². The Balaban J connectivity index is 2.05. The molecule has 3 N–H and O–H groups in total. The lowest BCUT2D eigenvalue weighted by atomic mass is 10.2. The predicted molar refractivity (Wildman–Crippen MR) is 98.0 cm³/mol. The van der Waals surface area contributed by atoms with E-state index < -0.39 is 15.3 Å². The largest absolute Gasteiger partial charge is 0.325 e. The van der Waals surface area contributed by atoms with Crippen LogP contribution in [0, 0.1) is 20.8 Å². The molecule has 0 spiro atoms. The molecule has 0 unspecified atom stereocenters. The van der Waals surface area contributed by atoms with Crippen molar-refractivity contribution in [2.75, 3.05) is 5.32 Å². The summed E-state index contributed by atoms with van der Waals surface area (Å²) >= 11 is 1.27. The van der Waals surface area contributed by atoms with E-state index >= 15 is 0 Å². The van der Waals surface area contributed by atoms with Crippen molar-refractivity contribution in [2.45, 2.75) is 43.0 Å². The van der Waals surface area contributed by atoms with E-state index in [4.69, 9.17) is 5.14 Å². The number of rotatable bonds is 5. The predicted octanol–water partition coefficient (Wildman–Crippen LogP) is 2.17. The van der Waals surface area contributed by atoms with Gasteiger partial charge in [0.2, 0.25) is 15.9 Å². The van der Waals surface area contributed by atoms with Crippen molar-refractivity contribution in [1.29, 1.82) is 0 Å². The van der Waals surface area contributed by atoms with E-state index in [1.165, 1.54) is 36.0 Å². The Kier molecular flexibility index (Phi) is 5.81. The van der Waals surface area contributed by atoms with Gasteiger partial charge in [0.05, 0.1) is 10.1 Å². The molecule has 0 saturated heterocycles. The number of aromatic nitrogens is 2. The molecule has 0 bridgehead atoms. The number of sulfonamides is 1. The minimum absolute atomic E-state index is 0.00747. The maximum absolute atomic E-state index is 12.3. The Morgan fingerprint density at radius 3 is 2.12 bits per heavy atom. The molecule has 134 valence electrons. The molecule has 25 heavy (non-hydrogen) atoms. The molecule has 0 saturated carbocycles. The summed E-state index contributed by atoms with van der Waals surface area (Å²) in [4.78, 5) is 21.1. The van der Waals surface area contributed by atoms with Crippen molar-refractivity contribution in [3.05, 3.63) is 41.2 Å². The van der Waals surface area contributed by atoms with Gasteiger partial charge in [0.25, 0.3) is 0 Å². The van der Waals surface area contributed by atoms with Gasteiger partial charge >= 0.3 is 0 Å². The number of anilines is 1. The third-order valence-electron chi connectivity index (χ3n) is 3.71. The van der Waals surface area contributed by atoms with Crippen LogP contribution in [0.2, 0.25) is 0 Å². The molecule has 0 fully saturated rings. The molecule has 1 amide bonds. The van der Waals surface area contributed by atoms with Crippen molar-refractivity contribution < 1.29 is 13.2 Å². The monoisotopic (exact) mass is 380 g/mol. The summed E-state index contributed by atoms with van der Waals surface area (Å²) in [6.07, 6.45) is 0. The smallest absolute Gasteiger partial charge is 0.238 e. The van der Waals surface area contributed by atoms with Gasteiger partial charge in [-0.2, -0.15) is 0 Å². The molecule has 1 aromatic heterocycles. The molecule has 7 nitrogen and oxygen atoms in total. The van der Waals surface area contributed by atoms with Crippen LogP contribution in [-0.2, 0) is 14.8 Å². The van der Waals surface area contributed by atoms with E-state index in [-0.39, 0.29) is 10.8 Å². The molecule has 1 aromatic carbocycles. The van der Waals surface area contributed by atoms with Gasteiger partial charge in [-0.3, -0.25) is 4.79 Å². The Morgan fingerprint density at radius 1 is 1.12 bits per heavy atom. The van der Waals surface area contributed by atoms with E-state index in [0.29, 0.717) is 10.8 Å². The average Bonchev–Trinajstić information content (AvgIpc) is 2.52. The second kappa shape index (κ2) is 7.51. The van der Waals surface area contributed by atoms with Gasteiger partial charge in [-0.25, -0.2) is 23.5 Å². The first-order valence-corrected chi connectivity index (χ1v) is 9.92. The summed E-state index contributed by atoms with van der Waals surface area (Å²) in [6, 6.07) is 5.68. The van der Waals surface area contributed by atoms with E-state index in [2.05, 4.69) is 15.3 Å². The van der Waals surface area contributed by atoms with Crippen LogP contribution in [-0.4, -0.2) is 29.5 Å². The molecule has 0 aliphatic carbocycles. The molecule has 2 aromatic rings. The summed E-state index contributed by atoms with van der Waals surface area (Å²) in [5.74, 6) is -0.229. The highest BCUT2D eigenvalue weighted by atomic mass is 32.2. The Morgan fingerprint density at radius 2 is 1.64 bits per heavy atom. The zero-order chi connectivity index (χ0) is 18.8. The Labute approximate surface area is 151 Å². The topological polar surface area (TPSA) is 115 Å². The molecular formula is C16H20N4O3S2. The third kappa shape index (κ3) is 5.00. The number of carbonyl (C=O) groups excluding carboxylic acids is 1. The van der Waals surface area contributed by atoms with E-state index in [1.54, 1.807) is 6.92 Å². The quantitative estimate of drug-likeness (QED) is 0.607. The maximum Gasteiger partial charge on any atom is 0.238 e. The zero-order valence-corrected chi connectivity index (χ0v) is 16.0. The fraction of sp³-hybridized carbons (Fsp3) is 0.312. The fourth-order valence-electron chi connectivity index (χ4n) is 1.98. The normalized spacial score (nSPS) is 12.7.